The third-order valence-corrected chi connectivity index (χ3v) is 3.24. The fraction of sp³-hybridized carbons (Fsp3) is 0. The van der Waals surface area contributed by atoms with E-state index in [2.05, 4.69) is 57.0 Å². The summed E-state index contributed by atoms with van der Waals surface area (Å²) >= 11 is 6.51. The van der Waals surface area contributed by atoms with Gasteiger partial charge in [-0.05, 0) is 38.4 Å². The van der Waals surface area contributed by atoms with Crippen molar-refractivity contribution >= 4 is 49.7 Å². The van der Waals surface area contributed by atoms with Crippen molar-refractivity contribution in [3.63, 3.8) is 0 Å². The minimum atomic E-state index is -0.0476. The maximum absolute atomic E-state index is 9.82. The van der Waals surface area contributed by atoms with E-state index < -0.39 is 0 Å². The fourth-order valence-electron chi connectivity index (χ4n) is 1.26. The summed E-state index contributed by atoms with van der Waals surface area (Å²) in [4.78, 5) is 0. The van der Waals surface area contributed by atoms with Crippen LogP contribution in [0.1, 0.15) is 11.3 Å². The molecule has 0 saturated heterocycles. The van der Waals surface area contributed by atoms with Crippen LogP contribution in [0.2, 0.25) is 0 Å². The zero-order valence-electron chi connectivity index (χ0n) is 9.79. The van der Waals surface area contributed by atoms with Crippen LogP contribution in [-0.4, -0.2) is 27.5 Å². The zero-order chi connectivity index (χ0) is 14.7. The van der Waals surface area contributed by atoms with Gasteiger partial charge in [0.1, 0.15) is 5.75 Å². The zero-order valence-corrected chi connectivity index (χ0v) is 13.0. The molecule has 0 bridgehead atoms. The lowest BCUT2D eigenvalue weighted by Gasteiger charge is -2.01. The van der Waals surface area contributed by atoms with Gasteiger partial charge in [0.15, 0.2) is 17.3 Å². The van der Waals surface area contributed by atoms with Gasteiger partial charge in [-0.3, -0.25) is 0 Å². The van der Waals surface area contributed by atoms with Crippen LogP contribution in [0.3, 0.4) is 0 Å². The van der Waals surface area contributed by atoms with Crippen LogP contribution in [0.25, 0.3) is 0 Å². The Labute approximate surface area is 129 Å². The second-order valence-electron chi connectivity index (χ2n) is 3.55. The lowest BCUT2D eigenvalue weighted by Crippen LogP contribution is -2.15. The van der Waals surface area contributed by atoms with Crippen molar-refractivity contribution in [3.05, 3.63) is 32.3 Å². The average Bonchev–Trinajstić information content (AvgIpc) is 2.81. The van der Waals surface area contributed by atoms with E-state index in [9.17, 15) is 5.11 Å². The molecule has 0 fully saturated rings. The highest BCUT2D eigenvalue weighted by Gasteiger charge is 2.10. The van der Waals surface area contributed by atoms with Gasteiger partial charge in [0.2, 0.25) is 0 Å². The van der Waals surface area contributed by atoms with E-state index in [1.54, 1.807) is 12.1 Å². The van der Waals surface area contributed by atoms with Crippen LogP contribution < -0.4 is 11.5 Å². The number of aromatic hydroxyl groups is 1. The number of halogens is 2. The third-order valence-electron chi connectivity index (χ3n) is 2.18. The van der Waals surface area contributed by atoms with Gasteiger partial charge in [0, 0.05) is 10.0 Å². The first kappa shape index (κ1) is 14.5. The number of phenolic OH excluding ortho intramolecular Hbond substituents is 1. The van der Waals surface area contributed by atoms with Crippen LogP contribution in [-0.2, 0) is 0 Å². The number of nitrogen functional groups attached to an aromatic ring is 1. The van der Waals surface area contributed by atoms with Crippen LogP contribution in [0, 0.1) is 0 Å². The summed E-state index contributed by atoms with van der Waals surface area (Å²) in [6.45, 7) is 0. The van der Waals surface area contributed by atoms with Crippen molar-refractivity contribution < 1.29 is 9.74 Å². The molecule has 10 heteroatoms. The number of phenols is 1. The monoisotopic (exact) mass is 402 g/mol. The minimum absolute atomic E-state index is 0.0227. The van der Waals surface area contributed by atoms with Crippen LogP contribution in [0.4, 0.5) is 5.82 Å². The predicted molar refractivity (Wildman–Crippen MR) is 80.5 cm³/mol. The number of nitrogens with two attached hydrogens (primary N) is 2. The number of hydrogen-bond acceptors (Lipinski definition) is 7. The summed E-state index contributed by atoms with van der Waals surface area (Å²) in [5.74, 6) is 0.0105. The summed E-state index contributed by atoms with van der Waals surface area (Å²) in [7, 11) is 0. The SMILES string of the molecule is NC(=NN=Cc1cc(Br)cc(Br)c1O)c1nonc1N. The van der Waals surface area contributed by atoms with Gasteiger partial charge in [-0.1, -0.05) is 15.9 Å². The maximum atomic E-state index is 9.82. The molecule has 2 rings (SSSR count). The van der Waals surface area contributed by atoms with E-state index in [1.165, 1.54) is 6.21 Å². The lowest BCUT2D eigenvalue weighted by molar-refractivity contribution is 0.308. The first-order chi connectivity index (χ1) is 9.49. The molecule has 1 aromatic heterocycles. The van der Waals surface area contributed by atoms with Crippen LogP contribution in [0.5, 0.6) is 5.75 Å². The third kappa shape index (κ3) is 3.14. The van der Waals surface area contributed by atoms with Gasteiger partial charge in [-0.25, -0.2) is 4.63 Å². The second kappa shape index (κ2) is 6.01. The molecule has 1 heterocycles. The topological polar surface area (TPSA) is 136 Å². The summed E-state index contributed by atoms with van der Waals surface area (Å²) in [5.41, 5.74) is 11.6. The van der Waals surface area contributed by atoms with Gasteiger partial charge >= 0.3 is 0 Å². The van der Waals surface area contributed by atoms with Crippen molar-refractivity contribution in [2.75, 3.05) is 5.73 Å². The molecule has 2 aromatic rings. The molecule has 0 aliphatic rings. The van der Waals surface area contributed by atoms with Gasteiger partial charge in [-0.15, -0.1) is 5.10 Å². The number of nitrogens with zero attached hydrogens (tertiary/aromatic N) is 4. The van der Waals surface area contributed by atoms with Crippen molar-refractivity contribution in [3.8, 4) is 5.75 Å². The molecule has 0 radical (unpaired) electrons. The average molecular weight is 404 g/mol. The van der Waals surface area contributed by atoms with Crippen molar-refractivity contribution in [1.82, 2.24) is 10.3 Å². The molecule has 0 unspecified atom stereocenters. The van der Waals surface area contributed by atoms with Gasteiger partial charge in [0.25, 0.3) is 0 Å². The highest BCUT2D eigenvalue weighted by Crippen LogP contribution is 2.30. The molecule has 0 aliphatic heterocycles. The van der Waals surface area contributed by atoms with Gasteiger partial charge in [-0.2, -0.15) is 5.10 Å². The summed E-state index contributed by atoms with van der Waals surface area (Å²) in [6, 6.07) is 3.37. The largest absolute Gasteiger partial charge is 0.506 e. The number of anilines is 1. The molecule has 0 amide bonds. The molecule has 0 atom stereocenters. The molecule has 0 aliphatic carbocycles. The molecule has 0 spiro atoms. The number of aromatic nitrogens is 2. The van der Waals surface area contributed by atoms with Gasteiger partial charge in [0.05, 0.1) is 10.7 Å². The van der Waals surface area contributed by atoms with Crippen molar-refractivity contribution in [2.24, 2.45) is 15.9 Å². The Balaban J connectivity index is 2.25. The first-order valence-electron chi connectivity index (χ1n) is 5.12. The standard InChI is InChI=1S/C10H8Br2N6O2/c11-5-1-4(8(19)6(12)2-5)3-15-16-9(13)7-10(14)18-20-17-7/h1-3,19H,(H2,13,16)(H2,14,18). The quantitative estimate of drug-likeness (QED) is 0.404. The number of amidine groups is 1. The van der Waals surface area contributed by atoms with Gasteiger partial charge < -0.3 is 16.6 Å². The minimum Gasteiger partial charge on any atom is -0.506 e. The normalized spacial score (nSPS) is 12.2. The Morgan fingerprint density at radius 3 is 2.75 bits per heavy atom. The Morgan fingerprint density at radius 1 is 1.35 bits per heavy atom. The van der Waals surface area contributed by atoms with Crippen LogP contribution in [0.15, 0.2) is 35.9 Å². The summed E-state index contributed by atoms with van der Waals surface area (Å²) in [5, 5.41) is 24.1. The Bertz CT molecular complexity index is 697. The summed E-state index contributed by atoms with van der Waals surface area (Å²) in [6.07, 6.45) is 1.33. The smallest absolute Gasteiger partial charge is 0.199 e. The van der Waals surface area contributed by atoms with E-state index in [4.69, 9.17) is 11.5 Å². The van der Waals surface area contributed by atoms with Crippen molar-refractivity contribution in [1.29, 1.82) is 0 Å². The molecule has 1 aromatic carbocycles. The molecule has 5 N–H and O–H groups in total. The van der Waals surface area contributed by atoms with Crippen LogP contribution >= 0.6 is 31.9 Å². The molecule has 8 nitrogen and oxygen atoms in total. The van der Waals surface area contributed by atoms with E-state index in [0.29, 0.717) is 10.0 Å². The highest BCUT2D eigenvalue weighted by molar-refractivity contribution is 9.11. The Kier molecular flexibility index (Phi) is 4.35. The first-order valence-corrected chi connectivity index (χ1v) is 6.70. The van der Waals surface area contributed by atoms with Crippen molar-refractivity contribution in [2.45, 2.75) is 0 Å². The highest BCUT2D eigenvalue weighted by atomic mass is 79.9. The molecular formula is C10H8Br2N6O2. The number of hydrogen-bond donors (Lipinski definition) is 3. The molecule has 20 heavy (non-hydrogen) atoms. The van der Waals surface area contributed by atoms with E-state index >= 15 is 0 Å². The molecule has 0 saturated carbocycles. The number of rotatable bonds is 3. The Morgan fingerprint density at radius 2 is 2.10 bits per heavy atom. The molecular weight excluding hydrogens is 396 g/mol. The predicted octanol–water partition coefficient (Wildman–Crippen LogP) is 1.62. The second-order valence-corrected chi connectivity index (χ2v) is 5.32. The lowest BCUT2D eigenvalue weighted by atomic mass is 10.2. The number of benzene rings is 1. The van der Waals surface area contributed by atoms with E-state index in [0.717, 1.165) is 4.47 Å². The van der Waals surface area contributed by atoms with E-state index in [1.807, 2.05) is 0 Å². The summed E-state index contributed by atoms with van der Waals surface area (Å²) < 4.78 is 5.68. The van der Waals surface area contributed by atoms with E-state index in [-0.39, 0.29) is 23.1 Å². The molecule has 104 valence electrons. The fourth-order valence-corrected chi connectivity index (χ4v) is 2.52. The Hall–Kier alpha value is -1.94. The maximum Gasteiger partial charge on any atom is 0.199 e.